The van der Waals surface area contributed by atoms with Gasteiger partial charge in [0, 0.05) is 28.5 Å². The molecule has 10 heteroatoms. The number of halogens is 2. The number of aryl methyl sites for hydroxylation is 1. The Kier molecular flexibility index (Phi) is 10.5. The Bertz CT molecular complexity index is 1460. The van der Waals surface area contributed by atoms with Gasteiger partial charge in [0.1, 0.15) is 12.6 Å². The van der Waals surface area contributed by atoms with Crippen LogP contribution in [0.3, 0.4) is 0 Å². The summed E-state index contributed by atoms with van der Waals surface area (Å²) < 4.78 is 27.8. The molecule has 1 N–H and O–H groups in total. The van der Waals surface area contributed by atoms with Crippen molar-refractivity contribution in [3.63, 3.8) is 0 Å². The van der Waals surface area contributed by atoms with Crippen LogP contribution in [-0.4, -0.2) is 50.0 Å². The van der Waals surface area contributed by atoms with Gasteiger partial charge < -0.3 is 10.2 Å². The highest BCUT2D eigenvalue weighted by Gasteiger charge is 2.34. The molecule has 0 aromatic heterocycles. The SMILES string of the molecule is Cc1ccc(N(CC(=O)N(Cc2ccc(Br)cc2)[C@H](Cc2ccccc2)C(=O)NC2CCCC2)S(C)(=O)=O)cc1Cl. The minimum atomic E-state index is -3.86. The van der Waals surface area contributed by atoms with Crippen molar-refractivity contribution in [3.8, 4) is 0 Å². The van der Waals surface area contributed by atoms with Gasteiger partial charge in [0.25, 0.3) is 0 Å². The number of amides is 2. The summed E-state index contributed by atoms with van der Waals surface area (Å²) in [6, 6.07) is 21.2. The predicted molar refractivity (Wildman–Crippen MR) is 167 cm³/mol. The van der Waals surface area contributed by atoms with Crippen molar-refractivity contribution in [3.05, 3.63) is 99.0 Å². The number of carbonyl (C=O) groups excluding carboxylic acids is 2. The van der Waals surface area contributed by atoms with Gasteiger partial charge in [-0.25, -0.2) is 8.42 Å². The molecule has 0 aliphatic heterocycles. The van der Waals surface area contributed by atoms with Crippen LogP contribution >= 0.6 is 27.5 Å². The van der Waals surface area contributed by atoms with E-state index in [2.05, 4.69) is 21.2 Å². The van der Waals surface area contributed by atoms with E-state index in [9.17, 15) is 18.0 Å². The highest BCUT2D eigenvalue weighted by Crippen LogP contribution is 2.26. The van der Waals surface area contributed by atoms with E-state index in [4.69, 9.17) is 11.6 Å². The number of hydrogen-bond acceptors (Lipinski definition) is 4. The lowest BCUT2D eigenvalue weighted by Crippen LogP contribution is -2.54. The second-order valence-corrected chi connectivity index (χ2v) is 13.8. The van der Waals surface area contributed by atoms with Gasteiger partial charge in [0.05, 0.1) is 11.9 Å². The molecule has 218 valence electrons. The number of hydrogen-bond donors (Lipinski definition) is 1. The molecule has 1 saturated carbocycles. The van der Waals surface area contributed by atoms with E-state index >= 15 is 0 Å². The third kappa shape index (κ3) is 8.56. The lowest BCUT2D eigenvalue weighted by Gasteiger charge is -2.34. The van der Waals surface area contributed by atoms with Crippen LogP contribution in [0.2, 0.25) is 5.02 Å². The van der Waals surface area contributed by atoms with Crippen molar-refractivity contribution in [1.29, 1.82) is 0 Å². The van der Waals surface area contributed by atoms with Crippen molar-refractivity contribution in [2.45, 2.75) is 57.7 Å². The maximum Gasteiger partial charge on any atom is 0.244 e. The highest BCUT2D eigenvalue weighted by molar-refractivity contribution is 9.10. The Labute approximate surface area is 256 Å². The number of nitrogens with zero attached hydrogens (tertiary/aromatic N) is 2. The Morgan fingerprint density at radius 3 is 2.27 bits per heavy atom. The third-order valence-corrected chi connectivity index (χ3v) is 9.44. The zero-order chi connectivity index (χ0) is 29.6. The summed E-state index contributed by atoms with van der Waals surface area (Å²) in [6.45, 7) is 1.48. The van der Waals surface area contributed by atoms with Crippen LogP contribution in [0.25, 0.3) is 0 Å². The van der Waals surface area contributed by atoms with Gasteiger partial charge in [0.15, 0.2) is 0 Å². The molecule has 0 radical (unpaired) electrons. The van der Waals surface area contributed by atoms with E-state index in [1.165, 1.54) is 4.90 Å². The van der Waals surface area contributed by atoms with Crippen molar-refractivity contribution < 1.29 is 18.0 Å². The molecule has 41 heavy (non-hydrogen) atoms. The van der Waals surface area contributed by atoms with Gasteiger partial charge in [-0.05, 0) is 60.7 Å². The fourth-order valence-electron chi connectivity index (χ4n) is 5.06. The second kappa shape index (κ2) is 13.9. The summed E-state index contributed by atoms with van der Waals surface area (Å²) in [5.41, 5.74) is 2.80. The first-order valence-electron chi connectivity index (χ1n) is 13.6. The summed E-state index contributed by atoms with van der Waals surface area (Å²) in [6.07, 6.45) is 5.26. The van der Waals surface area contributed by atoms with E-state index in [0.717, 1.165) is 57.4 Å². The molecule has 4 rings (SSSR count). The van der Waals surface area contributed by atoms with E-state index in [-0.39, 0.29) is 30.6 Å². The van der Waals surface area contributed by atoms with E-state index in [1.54, 1.807) is 18.2 Å². The number of benzene rings is 3. The zero-order valence-electron chi connectivity index (χ0n) is 23.2. The summed E-state index contributed by atoms with van der Waals surface area (Å²) in [4.78, 5) is 29.5. The Morgan fingerprint density at radius 1 is 1.00 bits per heavy atom. The molecule has 0 bridgehead atoms. The molecule has 0 heterocycles. The average Bonchev–Trinajstić information content (AvgIpc) is 3.45. The van der Waals surface area contributed by atoms with Crippen LogP contribution in [0.4, 0.5) is 5.69 Å². The highest BCUT2D eigenvalue weighted by atomic mass is 79.9. The number of carbonyl (C=O) groups is 2. The number of nitrogens with one attached hydrogen (secondary N) is 1. The summed E-state index contributed by atoms with van der Waals surface area (Å²) in [7, 11) is -3.86. The Hall–Kier alpha value is -2.88. The fourth-order valence-corrected chi connectivity index (χ4v) is 6.34. The van der Waals surface area contributed by atoms with Gasteiger partial charge in [-0.3, -0.25) is 13.9 Å². The van der Waals surface area contributed by atoms with Gasteiger partial charge in [-0.15, -0.1) is 0 Å². The quantitative estimate of drug-likeness (QED) is 0.279. The van der Waals surface area contributed by atoms with E-state index in [1.807, 2.05) is 61.5 Å². The first kappa shape index (κ1) is 31.1. The molecule has 0 unspecified atom stereocenters. The van der Waals surface area contributed by atoms with Crippen LogP contribution in [0.5, 0.6) is 0 Å². The van der Waals surface area contributed by atoms with Crippen LogP contribution in [0, 0.1) is 6.92 Å². The normalized spacial score (nSPS) is 14.4. The molecule has 3 aromatic rings. The summed E-state index contributed by atoms with van der Waals surface area (Å²) in [5, 5.41) is 3.57. The molecular formula is C31H35BrClN3O4S. The first-order chi connectivity index (χ1) is 19.5. The number of rotatable bonds is 11. The smallest absolute Gasteiger partial charge is 0.244 e. The van der Waals surface area contributed by atoms with Crippen molar-refractivity contribution in [2.75, 3.05) is 17.1 Å². The largest absolute Gasteiger partial charge is 0.352 e. The van der Waals surface area contributed by atoms with Gasteiger partial charge >= 0.3 is 0 Å². The van der Waals surface area contributed by atoms with Crippen molar-refractivity contribution in [1.82, 2.24) is 10.2 Å². The summed E-state index contributed by atoms with van der Waals surface area (Å²) in [5.74, 6) is -0.729. The maximum absolute atomic E-state index is 14.2. The topological polar surface area (TPSA) is 86.8 Å². The summed E-state index contributed by atoms with van der Waals surface area (Å²) >= 11 is 9.77. The Morgan fingerprint density at radius 2 is 1.66 bits per heavy atom. The van der Waals surface area contributed by atoms with Gasteiger partial charge in [0.2, 0.25) is 21.8 Å². The maximum atomic E-state index is 14.2. The molecule has 3 aromatic carbocycles. The van der Waals surface area contributed by atoms with Gasteiger partial charge in [-0.2, -0.15) is 0 Å². The van der Waals surface area contributed by atoms with Crippen LogP contribution in [0.1, 0.15) is 42.4 Å². The molecule has 1 atom stereocenters. The molecule has 0 saturated heterocycles. The third-order valence-electron chi connectivity index (χ3n) is 7.36. The number of anilines is 1. The molecule has 1 aliphatic rings. The minimum Gasteiger partial charge on any atom is -0.352 e. The van der Waals surface area contributed by atoms with Crippen LogP contribution < -0.4 is 9.62 Å². The molecule has 2 amide bonds. The lowest BCUT2D eigenvalue weighted by atomic mass is 10.0. The number of sulfonamides is 1. The molecule has 1 aliphatic carbocycles. The van der Waals surface area contributed by atoms with E-state index in [0.29, 0.717) is 5.02 Å². The molecule has 7 nitrogen and oxygen atoms in total. The minimum absolute atomic E-state index is 0.0626. The standard InChI is InChI=1S/C31H35BrClN3O4S/c1-22-12-17-27(19-28(22)33)36(41(2,39)40)21-30(37)35(20-24-13-15-25(32)16-14-24)29(18-23-8-4-3-5-9-23)31(38)34-26-10-6-7-11-26/h3-5,8-9,12-17,19,26,29H,6-7,10-11,18,20-21H2,1-2H3,(H,34,38)/t29-/m1/s1. The van der Waals surface area contributed by atoms with Crippen molar-refractivity contribution >= 4 is 55.1 Å². The molecule has 1 fully saturated rings. The average molecular weight is 661 g/mol. The predicted octanol–water partition coefficient (Wildman–Crippen LogP) is 5.88. The first-order valence-corrected chi connectivity index (χ1v) is 16.7. The van der Waals surface area contributed by atoms with Crippen LogP contribution in [-0.2, 0) is 32.6 Å². The Balaban J connectivity index is 1.72. The second-order valence-electron chi connectivity index (χ2n) is 10.5. The fraction of sp³-hybridized carbons (Fsp3) is 0.355. The molecule has 0 spiro atoms. The monoisotopic (exact) mass is 659 g/mol. The van der Waals surface area contributed by atoms with Gasteiger partial charge in [-0.1, -0.05) is 88.9 Å². The van der Waals surface area contributed by atoms with E-state index < -0.39 is 28.5 Å². The molecular weight excluding hydrogens is 626 g/mol. The van der Waals surface area contributed by atoms with Crippen LogP contribution in [0.15, 0.2) is 77.3 Å². The van der Waals surface area contributed by atoms with Crippen molar-refractivity contribution in [2.24, 2.45) is 0 Å². The zero-order valence-corrected chi connectivity index (χ0v) is 26.4. The lowest BCUT2D eigenvalue weighted by molar-refractivity contribution is -0.140.